The number of nitrogens with one attached hydrogen (secondary N) is 2. The number of nitrogens with two attached hydrogens (primary N) is 1. The molecule has 0 spiro atoms. The summed E-state index contributed by atoms with van der Waals surface area (Å²) in [6, 6.07) is 9.34. The van der Waals surface area contributed by atoms with Crippen LogP contribution in [0.2, 0.25) is 0 Å². The quantitative estimate of drug-likeness (QED) is 0.728. The molecule has 2 unspecified atom stereocenters. The number of carbonyl (C=O) groups is 1. The maximum Gasteiger partial charge on any atom is 0.326 e. The summed E-state index contributed by atoms with van der Waals surface area (Å²) in [5.74, 6) is -0.493. The van der Waals surface area contributed by atoms with E-state index in [9.17, 15) is 14.4 Å². The second-order valence-corrected chi connectivity index (χ2v) is 5.74. The molecule has 8 nitrogen and oxygen atoms in total. The van der Waals surface area contributed by atoms with Gasteiger partial charge < -0.3 is 20.4 Å². The number of hydrogen-bond donors (Lipinski definition) is 3. The molecule has 2 heterocycles. The van der Waals surface area contributed by atoms with Gasteiger partial charge in [0.25, 0.3) is 11.5 Å². The van der Waals surface area contributed by atoms with Crippen LogP contribution in [0.3, 0.4) is 0 Å². The fourth-order valence-electron chi connectivity index (χ4n) is 2.72. The monoisotopic (exact) mass is 330 g/mol. The van der Waals surface area contributed by atoms with Crippen LogP contribution in [0.5, 0.6) is 0 Å². The molecule has 1 aromatic carbocycles. The van der Waals surface area contributed by atoms with Gasteiger partial charge in [0.2, 0.25) is 0 Å². The van der Waals surface area contributed by atoms with E-state index in [1.165, 1.54) is 0 Å². The number of ether oxygens (including phenoxy) is 1. The summed E-state index contributed by atoms with van der Waals surface area (Å²) in [6.45, 7) is 2.48. The van der Waals surface area contributed by atoms with E-state index in [1.807, 2.05) is 42.2 Å². The first kappa shape index (κ1) is 16.0. The topological polar surface area (TPSA) is 121 Å². The molecule has 4 N–H and O–H groups in total. The van der Waals surface area contributed by atoms with Gasteiger partial charge in [-0.1, -0.05) is 30.3 Å². The van der Waals surface area contributed by atoms with E-state index in [0.717, 1.165) is 5.56 Å². The number of nitrogen functional groups attached to an aromatic ring is 1. The molecule has 1 saturated heterocycles. The Morgan fingerprint density at radius 2 is 1.96 bits per heavy atom. The molecule has 0 saturated carbocycles. The Morgan fingerprint density at radius 1 is 1.25 bits per heavy atom. The number of aromatic nitrogens is 2. The summed E-state index contributed by atoms with van der Waals surface area (Å²) in [5.41, 5.74) is 4.58. The highest BCUT2D eigenvalue weighted by molar-refractivity contribution is 5.97. The summed E-state index contributed by atoms with van der Waals surface area (Å²) in [7, 11) is 0. The highest BCUT2D eigenvalue weighted by atomic mass is 16.5. The van der Waals surface area contributed by atoms with E-state index in [0.29, 0.717) is 13.2 Å². The number of H-pyrrole nitrogens is 2. The normalized spacial score (nSPS) is 20.8. The van der Waals surface area contributed by atoms with Crippen LogP contribution in [0.4, 0.5) is 5.69 Å². The first-order valence-electron chi connectivity index (χ1n) is 7.57. The maximum absolute atomic E-state index is 12.8. The molecule has 1 amide bonds. The second kappa shape index (κ2) is 6.32. The molecular formula is C16H18N4O4. The third kappa shape index (κ3) is 2.95. The van der Waals surface area contributed by atoms with Crippen LogP contribution in [0.15, 0.2) is 39.9 Å². The second-order valence-electron chi connectivity index (χ2n) is 5.74. The molecule has 2 atom stereocenters. The molecule has 1 aliphatic heterocycles. The standard InChI is InChI=1S/C16H18N4O4/c1-9-8-24-11(10-5-3-2-4-6-10)7-20(9)15(22)13-12(17)14(21)19-16(23)18-13/h2-6,9,11H,7-8,17H2,1H3,(H2,18,19,21,23). The van der Waals surface area contributed by atoms with Gasteiger partial charge in [-0.25, -0.2) is 4.79 Å². The number of nitrogens with zero attached hydrogens (tertiary/aromatic N) is 1. The molecule has 1 aliphatic rings. The van der Waals surface area contributed by atoms with Gasteiger partial charge in [0, 0.05) is 0 Å². The molecule has 3 rings (SSSR count). The van der Waals surface area contributed by atoms with Crippen molar-refractivity contribution in [2.24, 2.45) is 0 Å². The number of rotatable bonds is 2. The number of morpholine rings is 1. The smallest absolute Gasteiger partial charge is 0.326 e. The van der Waals surface area contributed by atoms with Crippen molar-refractivity contribution >= 4 is 11.6 Å². The van der Waals surface area contributed by atoms with Crippen LogP contribution in [-0.2, 0) is 4.74 Å². The van der Waals surface area contributed by atoms with E-state index < -0.39 is 17.2 Å². The third-order valence-corrected chi connectivity index (χ3v) is 4.06. The predicted molar refractivity (Wildman–Crippen MR) is 87.7 cm³/mol. The zero-order chi connectivity index (χ0) is 17.3. The summed E-state index contributed by atoms with van der Waals surface area (Å²) in [5, 5.41) is 0. The fourth-order valence-corrected chi connectivity index (χ4v) is 2.72. The number of aromatic amines is 2. The van der Waals surface area contributed by atoms with Crippen LogP contribution < -0.4 is 17.0 Å². The zero-order valence-corrected chi connectivity index (χ0v) is 13.1. The van der Waals surface area contributed by atoms with Gasteiger partial charge in [-0.15, -0.1) is 0 Å². The summed E-state index contributed by atoms with van der Waals surface area (Å²) < 4.78 is 5.81. The van der Waals surface area contributed by atoms with Crippen molar-refractivity contribution in [1.29, 1.82) is 0 Å². The number of amides is 1. The lowest BCUT2D eigenvalue weighted by molar-refractivity contribution is -0.0488. The summed E-state index contributed by atoms with van der Waals surface area (Å²) in [4.78, 5) is 41.7. The highest BCUT2D eigenvalue weighted by Crippen LogP contribution is 2.26. The molecule has 24 heavy (non-hydrogen) atoms. The van der Waals surface area contributed by atoms with Crippen molar-refractivity contribution in [3.63, 3.8) is 0 Å². The minimum Gasteiger partial charge on any atom is -0.392 e. The number of hydrogen-bond acceptors (Lipinski definition) is 5. The van der Waals surface area contributed by atoms with Crippen molar-refractivity contribution in [2.45, 2.75) is 19.1 Å². The van der Waals surface area contributed by atoms with Gasteiger partial charge in [0.15, 0.2) is 0 Å². The van der Waals surface area contributed by atoms with Gasteiger partial charge in [-0.2, -0.15) is 0 Å². The van der Waals surface area contributed by atoms with Crippen LogP contribution in [-0.4, -0.2) is 40.0 Å². The fraction of sp³-hybridized carbons (Fsp3) is 0.312. The lowest BCUT2D eigenvalue weighted by Gasteiger charge is -2.38. The van der Waals surface area contributed by atoms with Crippen LogP contribution >= 0.6 is 0 Å². The summed E-state index contributed by atoms with van der Waals surface area (Å²) in [6.07, 6.45) is -0.277. The molecule has 0 radical (unpaired) electrons. The first-order chi connectivity index (χ1) is 11.5. The van der Waals surface area contributed by atoms with Crippen molar-refractivity contribution in [1.82, 2.24) is 14.9 Å². The molecular weight excluding hydrogens is 312 g/mol. The molecule has 0 bridgehead atoms. The van der Waals surface area contributed by atoms with Gasteiger partial charge >= 0.3 is 5.69 Å². The van der Waals surface area contributed by atoms with Gasteiger partial charge in [0.1, 0.15) is 17.5 Å². The van der Waals surface area contributed by atoms with E-state index in [2.05, 4.69) is 4.98 Å². The number of carbonyl (C=O) groups excluding carboxylic acids is 1. The van der Waals surface area contributed by atoms with E-state index in [4.69, 9.17) is 10.5 Å². The highest BCUT2D eigenvalue weighted by Gasteiger charge is 2.32. The Morgan fingerprint density at radius 3 is 2.67 bits per heavy atom. The van der Waals surface area contributed by atoms with Crippen LogP contribution in [0.25, 0.3) is 0 Å². The zero-order valence-electron chi connectivity index (χ0n) is 13.1. The van der Waals surface area contributed by atoms with Crippen molar-refractivity contribution < 1.29 is 9.53 Å². The first-order valence-corrected chi connectivity index (χ1v) is 7.57. The summed E-state index contributed by atoms with van der Waals surface area (Å²) >= 11 is 0. The van der Waals surface area contributed by atoms with Gasteiger partial charge in [-0.3, -0.25) is 14.6 Å². The molecule has 1 fully saturated rings. The Hall–Kier alpha value is -2.87. The average Bonchev–Trinajstić information content (AvgIpc) is 2.58. The van der Waals surface area contributed by atoms with Gasteiger partial charge in [0.05, 0.1) is 19.2 Å². The number of anilines is 1. The van der Waals surface area contributed by atoms with Crippen molar-refractivity contribution in [3.8, 4) is 0 Å². The van der Waals surface area contributed by atoms with Crippen LogP contribution in [0.1, 0.15) is 29.1 Å². The average molecular weight is 330 g/mol. The largest absolute Gasteiger partial charge is 0.392 e. The Labute approximate surface area is 137 Å². The Bertz CT molecular complexity index is 858. The molecule has 126 valence electrons. The van der Waals surface area contributed by atoms with Crippen LogP contribution in [0, 0.1) is 0 Å². The lowest BCUT2D eigenvalue weighted by atomic mass is 10.1. The SMILES string of the molecule is CC1COC(c2ccccc2)CN1C(=O)c1[nH]c(=O)[nH]c(=O)c1N. The Kier molecular flexibility index (Phi) is 4.22. The minimum absolute atomic E-state index is 0.190. The lowest BCUT2D eigenvalue weighted by Crippen LogP contribution is -2.49. The predicted octanol–water partition coefficient (Wildman–Crippen LogP) is 0.248. The van der Waals surface area contributed by atoms with E-state index in [1.54, 1.807) is 4.90 Å². The van der Waals surface area contributed by atoms with Crippen molar-refractivity contribution in [2.75, 3.05) is 18.9 Å². The Balaban J connectivity index is 1.91. The van der Waals surface area contributed by atoms with Gasteiger partial charge in [-0.05, 0) is 12.5 Å². The number of benzene rings is 1. The molecule has 2 aromatic rings. The molecule has 0 aliphatic carbocycles. The maximum atomic E-state index is 12.8. The van der Waals surface area contributed by atoms with E-state index >= 15 is 0 Å². The third-order valence-electron chi connectivity index (χ3n) is 4.06. The molecule has 1 aromatic heterocycles. The molecule has 8 heteroatoms. The van der Waals surface area contributed by atoms with E-state index in [-0.39, 0.29) is 23.5 Å². The van der Waals surface area contributed by atoms with Crippen molar-refractivity contribution in [3.05, 3.63) is 62.4 Å². The minimum atomic E-state index is -0.775.